The zero-order valence-corrected chi connectivity index (χ0v) is 48.3. The van der Waals surface area contributed by atoms with E-state index in [1.165, 1.54) is 77.0 Å². The molecule has 0 aliphatic rings. The molecule has 0 radical (unpaired) electrons. The molecule has 0 aromatic rings. The maximum Gasteiger partial charge on any atom is 0.306 e. The van der Waals surface area contributed by atoms with E-state index < -0.39 is 6.10 Å². The van der Waals surface area contributed by atoms with Crippen molar-refractivity contribution >= 4 is 17.9 Å². The second kappa shape index (κ2) is 61.8. The highest BCUT2D eigenvalue weighted by molar-refractivity contribution is 5.71. The molecule has 6 heteroatoms. The molecule has 0 heterocycles. The number of carbonyl (C=O) groups excluding carboxylic acids is 3. The Morgan fingerprint density at radius 2 is 0.547 bits per heavy atom. The summed E-state index contributed by atoms with van der Waals surface area (Å²) in [5, 5.41) is 0. The van der Waals surface area contributed by atoms with Gasteiger partial charge >= 0.3 is 17.9 Å². The molecule has 0 bridgehead atoms. The van der Waals surface area contributed by atoms with Gasteiger partial charge in [-0.25, -0.2) is 0 Å². The van der Waals surface area contributed by atoms with E-state index in [0.29, 0.717) is 19.3 Å². The topological polar surface area (TPSA) is 78.9 Å². The summed E-state index contributed by atoms with van der Waals surface area (Å²) >= 11 is 0. The summed E-state index contributed by atoms with van der Waals surface area (Å²) in [7, 11) is 0. The van der Waals surface area contributed by atoms with Crippen molar-refractivity contribution in [2.24, 2.45) is 0 Å². The lowest BCUT2D eigenvalue weighted by Gasteiger charge is -2.18. The second-order valence-corrected chi connectivity index (χ2v) is 19.5. The molecule has 422 valence electrons. The van der Waals surface area contributed by atoms with Gasteiger partial charge in [0.25, 0.3) is 0 Å². The number of hydrogen-bond donors (Lipinski definition) is 0. The first kappa shape index (κ1) is 70.3. The standard InChI is InChI=1S/C69H110O6/c1-4-7-10-13-16-19-22-25-27-29-30-31-32-33-34-35-36-37-38-40-41-44-47-50-53-56-59-62-68(71)74-65-66(64-73-67(70)61-58-55-52-49-46-43-24-21-18-15-12-9-6-3)75-69(72)63-60-57-54-51-48-45-42-39-28-26-23-20-17-14-11-8-5-2/h7,9-10,12,16,18-19,21,25-28,30-31,33-34,36-37,40-41,43,46,52,55,66H,4-6,8,11,13-15,17,20,22-24,29,32,35,38-39,42,44-45,47-51,53-54,56-65H2,1-3H3/b10-7-,12-9-,19-16-,21-18-,27-25-,28-26-,31-30-,34-33-,37-36-,41-40-,46-43-,55-52-. The number of carbonyl (C=O) groups is 3. The van der Waals surface area contributed by atoms with Crippen molar-refractivity contribution in [2.45, 2.75) is 258 Å². The maximum atomic E-state index is 12.9. The van der Waals surface area contributed by atoms with Gasteiger partial charge in [-0.05, 0) is 128 Å². The van der Waals surface area contributed by atoms with Gasteiger partial charge in [0.2, 0.25) is 0 Å². The molecule has 1 unspecified atom stereocenters. The zero-order chi connectivity index (χ0) is 54.3. The molecule has 0 amide bonds. The predicted molar refractivity (Wildman–Crippen MR) is 325 cm³/mol. The Bertz CT molecular complexity index is 1660. The fraction of sp³-hybridized carbons (Fsp3) is 0.609. The van der Waals surface area contributed by atoms with Crippen molar-refractivity contribution in [1.29, 1.82) is 0 Å². The van der Waals surface area contributed by atoms with E-state index in [1.807, 2.05) is 12.2 Å². The summed E-state index contributed by atoms with van der Waals surface area (Å²) in [5.74, 6) is -1.03. The molecule has 0 fully saturated rings. The van der Waals surface area contributed by atoms with Crippen LogP contribution in [0.3, 0.4) is 0 Å². The molecular formula is C69H110O6. The third kappa shape index (κ3) is 60.0. The van der Waals surface area contributed by atoms with Gasteiger partial charge in [0.05, 0.1) is 0 Å². The molecular weight excluding hydrogens is 925 g/mol. The maximum absolute atomic E-state index is 12.9. The summed E-state index contributed by atoms with van der Waals surface area (Å²) in [6.07, 6.45) is 88.6. The van der Waals surface area contributed by atoms with Gasteiger partial charge in [0.1, 0.15) is 13.2 Å². The van der Waals surface area contributed by atoms with E-state index in [-0.39, 0.29) is 37.5 Å². The van der Waals surface area contributed by atoms with Crippen LogP contribution >= 0.6 is 0 Å². The Labute approximate surface area is 461 Å². The Kier molecular flexibility index (Phi) is 58.0. The van der Waals surface area contributed by atoms with Gasteiger partial charge in [-0.3, -0.25) is 14.4 Å². The van der Waals surface area contributed by atoms with Crippen LogP contribution in [0.1, 0.15) is 252 Å². The predicted octanol–water partition coefficient (Wildman–Crippen LogP) is 20.8. The molecule has 0 saturated heterocycles. The second-order valence-electron chi connectivity index (χ2n) is 19.5. The summed E-state index contributed by atoms with van der Waals surface area (Å²) in [6.45, 7) is 6.32. The molecule has 75 heavy (non-hydrogen) atoms. The highest BCUT2D eigenvalue weighted by atomic mass is 16.6. The number of rotatable bonds is 53. The van der Waals surface area contributed by atoms with Crippen LogP contribution in [0.2, 0.25) is 0 Å². The van der Waals surface area contributed by atoms with Crippen molar-refractivity contribution < 1.29 is 28.6 Å². The first-order valence-corrected chi connectivity index (χ1v) is 30.3. The smallest absolute Gasteiger partial charge is 0.306 e. The Morgan fingerprint density at radius 1 is 0.280 bits per heavy atom. The van der Waals surface area contributed by atoms with E-state index in [4.69, 9.17) is 14.2 Å². The van der Waals surface area contributed by atoms with Crippen LogP contribution in [0.5, 0.6) is 0 Å². The van der Waals surface area contributed by atoms with Crippen LogP contribution in [-0.4, -0.2) is 37.2 Å². The Balaban J connectivity index is 4.45. The number of esters is 3. The lowest BCUT2D eigenvalue weighted by molar-refractivity contribution is -0.166. The minimum Gasteiger partial charge on any atom is -0.462 e. The summed E-state index contributed by atoms with van der Waals surface area (Å²) < 4.78 is 16.8. The van der Waals surface area contributed by atoms with E-state index in [9.17, 15) is 14.4 Å². The average molecular weight is 1040 g/mol. The van der Waals surface area contributed by atoms with E-state index >= 15 is 0 Å². The molecule has 0 aliphatic carbocycles. The number of allylic oxidation sites excluding steroid dienone is 24. The van der Waals surface area contributed by atoms with E-state index in [2.05, 4.69) is 154 Å². The third-order valence-corrected chi connectivity index (χ3v) is 12.3. The summed E-state index contributed by atoms with van der Waals surface area (Å²) in [4.78, 5) is 38.2. The molecule has 0 rings (SSSR count). The number of unbranched alkanes of at least 4 members (excludes halogenated alkanes) is 18. The van der Waals surface area contributed by atoms with Crippen molar-refractivity contribution in [3.05, 3.63) is 146 Å². The molecule has 0 spiro atoms. The Hall–Kier alpha value is -4.71. The molecule has 0 aliphatic heterocycles. The van der Waals surface area contributed by atoms with Gasteiger partial charge in [-0.2, -0.15) is 0 Å². The SMILES string of the molecule is CC/C=C\C/C=C\C/C=C\C/C=C\C/C=C\C/C=C\C/C=C\CCCCCCCC(=O)OCC(COC(=O)CC/C=C\C/C=C\C/C=C\C/C=C\CC)OC(=O)CCCCCCCCC/C=C\CCCCCCCC. The largest absolute Gasteiger partial charge is 0.462 e. The van der Waals surface area contributed by atoms with Crippen molar-refractivity contribution in [3.8, 4) is 0 Å². The first-order valence-electron chi connectivity index (χ1n) is 30.3. The monoisotopic (exact) mass is 1030 g/mol. The van der Waals surface area contributed by atoms with Crippen molar-refractivity contribution in [3.63, 3.8) is 0 Å². The highest BCUT2D eigenvalue weighted by Gasteiger charge is 2.19. The van der Waals surface area contributed by atoms with Crippen LogP contribution in [-0.2, 0) is 28.6 Å². The molecule has 0 saturated carbocycles. The lowest BCUT2D eigenvalue weighted by Crippen LogP contribution is -2.30. The van der Waals surface area contributed by atoms with Gasteiger partial charge in [0.15, 0.2) is 6.10 Å². The van der Waals surface area contributed by atoms with Crippen LogP contribution in [0, 0.1) is 0 Å². The molecule has 0 aromatic carbocycles. The molecule has 0 aromatic heterocycles. The van der Waals surface area contributed by atoms with Gasteiger partial charge in [-0.15, -0.1) is 0 Å². The fourth-order valence-corrected chi connectivity index (χ4v) is 7.84. The number of hydrogen-bond acceptors (Lipinski definition) is 6. The minimum absolute atomic E-state index is 0.117. The fourth-order valence-electron chi connectivity index (χ4n) is 7.84. The average Bonchev–Trinajstić information content (AvgIpc) is 3.41. The number of ether oxygens (including phenoxy) is 3. The highest BCUT2D eigenvalue weighted by Crippen LogP contribution is 2.14. The first-order chi connectivity index (χ1) is 37.0. The van der Waals surface area contributed by atoms with Gasteiger partial charge in [-0.1, -0.05) is 250 Å². The van der Waals surface area contributed by atoms with Crippen LogP contribution < -0.4 is 0 Å². The van der Waals surface area contributed by atoms with Crippen LogP contribution in [0.15, 0.2) is 146 Å². The van der Waals surface area contributed by atoms with Crippen molar-refractivity contribution in [2.75, 3.05) is 13.2 Å². The summed E-state index contributed by atoms with van der Waals surface area (Å²) in [6, 6.07) is 0. The molecule has 0 N–H and O–H groups in total. The Morgan fingerprint density at radius 3 is 0.907 bits per heavy atom. The zero-order valence-electron chi connectivity index (χ0n) is 48.3. The van der Waals surface area contributed by atoms with Crippen molar-refractivity contribution in [1.82, 2.24) is 0 Å². The molecule has 1 atom stereocenters. The van der Waals surface area contributed by atoms with Gasteiger partial charge in [0, 0.05) is 19.3 Å². The van der Waals surface area contributed by atoms with Crippen LogP contribution in [0.4, 0.5) is 0 Å². The third-order valence-electron chi connectivity index (χ3n) is 12.3. The summed E-state index contributed by atoms with van der Waals surface area (Å²) in [5.41, 5.74) is 0. The normalized spacial score (nSPS) is 13.2. The quantitative estimate of drug-likeness (QED) is 0.0261. The van der Waals surface area contributed by atoms with E-state index in [0.717, 1.165) is 128 Å². The van der Waals surface area contributed by atoms with E-state index in [1.54, 1.807) is 0 Å². The lowest BCUT2D eigenvalue weighted by atomic mass is 10.1. The van der Waals surface area contributed by atoms with Gasteiger partial charge < -0.3 is 14.2 Å². The van der Waals surface area contributed by atoms with Crippen LogP contribution in [0.25, 0.3) is 0 Å². The minimum atomic E-state index is -0.824. The molecule has 6 nitrogen and oxygen atoms in total.